The smallest absolute Gasteiger partial charge is 0.279 e. The number of nitrogens with zero attached hydrogens (tertiary/aromatic N) is 1. The summed E-state index contributed by atoms with van der Waals surface area (Å²) in [7, 11) is 0. The van der Waals surface area contributed by atoms with Crippen molar-refractivity contribution < 1.29 is 9.15 Å². The molecule has 0 aliphatic heterocycles. The molecule has 0 aliphatic carbocycles. The minimum atomic E-state index is 0.167. The highest BCUT2D eigenvalue weighted by Crippen LogP contribution is 2.19. The third-order valence-electron chi connectivity index (χ3n) is 2.24. The summed E-state index contributed by atoms with van der Waals surface area (Å²) in [6.07, 6.45) is 1.51. The first kappa shape index (κ1) is 12.3. The summed E-state index contributed by atoms with van der Waals surface area (Å²) in [4.78, 5) is 0. The molecule has 0 saturated heterocycles. The van der Waals surface area contributed by atoms with Crippen molar-refractivity contribution in [3.8, 4) is 0 Å². The van der Waals surface area contributed by atoms with Crippen LogP contribution in [0.3, 0.4) is 0 Å². The Bertz CT molecular complexity index is 559. The van der Waals surface area contributed by atoms with Gasteiger partial charge in [-0.1, -0.05) is 18.2 Å². The van der Waals surface area contributed by atoms with Gasteiger partial charge >= 0.3 is 0 Å². The van der Waals surface area contributed by atoms with E-state index in [2.05, 4.69) is 11.7 Å². The van der Waals surface area contributed by atoms with Crippen molar-refractivity contribution >= 4 is 23.3 Å². The van der Waals surface area contributed by atoms with Gasteiger partial charge in [-0.05, 0) is 36.4 Å². The van der Waals surface area contributed by atoms with Gasteiger partial charge in [0.05, 0.1) is 6.26 Å². The van der Waals surface area contributed by atoms with Crippen LogP contribution in [0.25, 0.3) is 5.76 Å². The largest absolute Gasteiger partial charge is 0.459 e. The first-order valence-corrected chi connectivity index (χ1v) is 5.53. The molecule has 4 nitrogen and oxygen atoms in total. The number of halogens is 1. The van der Waals surface area contributed by atoms with Crippen LogP contribution >= 0.6 is 11.6 Å². The molecule has 92 valence electrons. The summed E-state index contributed by atoms with van der Waals surface area (Å²) in [6.45, 7) is 3.81. The maximum Gasteiger partial charge on any atom is 0.279 e. The third kappa shape index (κ3) is 2.73. The first-order chi connectivity index (χ1) is 8.70. The molecule has 0 saturated carbocycles. The van der Waals surface area contributed by atoms with Gasteiger partial charge in [-0.2, -0.15) is 0 Å². The lowest BCUT2D eigenvalue weighted by Gasteiger charge is -2.08. The molecule has 5 heteroatoms. The molecule has 0 unspecified atom stereocenters. The van der Waals surface area contributed by atoms with Crippen molar-refractivity contribution in [2.75, 3.05) is 0 Å². The highest BCUT2D eigenvalue weighted by molar-refractivity contribution is 6.30. The second-order valence-electron chi connectivity index (χ2n) is 3.44. The van der Waals surface area contributed by atoms with E-state index >= 15 is 0 Å². The zero-order valence-electron chi connectivity index (χ0n) is 9.47. The molecule has 0 atom stereocenters. The quantitative estimate of drug-likeness (QED) is 0.304. The topological polar surface area (TPSA) is 60.8 Å². The van der Waals surface area contributed by atoms with Crippen LogP contribution in [0.5, 0.6) is 0 Å². The number of hydrazone groups is 1. The number of nitrogens with two attached hydrogens (primary N) is 1. The van der Waals surface area contributed by atoms with Crippen molar-refractivity contribution in [3.05, 3.63) is 65.6 Å². The van der Waals surface area contributed by atoms with Crippen molar-refractivity contribution in [1.29, 1.82) is 0 Å². The molecule has 1 heterocycles. The van der Waals surface area contributed by atoms with Crippen LogP contribution < -0.4 is 5.84 Å². The fraction of sp³-hybridized carbons (Fsp3) is 0. The molecular weight excluding hydrogens is 252 g/mol. The Morgan fingerprint density at radius 3 is 2.56 bits per heavy atom. The van der Waals surface area contributed by atoms with E-state index in [0.29, 0.717) is 16.5 Å². The third-order valence-corrected chi connectivity index (χ3v) is 2.49. The van der Waals surface area contributed by atoms with Gasteiger partial charge in [0.1, 0.15) is 5.76 Å². The SMILES string of the molecule is C=C(O/C(=N\N)c1ccco1)c1ccc(Cl)cc1. The van der Waals surface area contributed by atoms with E-state index in [0.717, 1.165) is 5.56 Å². The molecule has 2 N–H and O–H groups in total. The summed E-state index contributed by atoms with van der Waals surface area (Å²) >= 11 is 5.80. The van der Waals surface area contributed by atoms with Crippen LogP contribution in [0.2, 0.25) is 5.02 Å². The predicted octanol–water partition coefficient (Wildman–Crippen LogP) is 3.24. The Kier molecular flexibility index (Phi) is 3.69. The molecule has 2 aromatic rings. The number of furan rings is 1. The van der Waals surface area contributed by atoms with E-state index < -0.39 is 0 Å². The lowest BCUT2D eigenvalue weighted by atomic mass is 10.2. The number of benzene rings is 1. The van der Waals surface area contributed by atoms with Gasteiger partial charge in [-0.25, -0.2) is 0 Å². The molecule has 1 aromatic heterocycles. The van der Waals surface area contributed by atoms with Crippen LogP contribution in [0, 0.1) is 0 Å². The van der Waals surface area contributed by atoms with E-state index in [1.165, 1.54) is 6.26 Å². The van der Waals surface area contributed by atoms with Crippen LogP contribution in [0.4, 0.5) is 0 Å². The van der Waals surface area contributed by atoms with Crippen LogP contribution in [0.1, 0.15) is 11.3 Å². The minimum Gasteiger partial charge on any atom is -0.459 e. The number of hydrogen-bond donors (Lipinski definition) is 1. The van der Waals surface area contributed by atoms with E-state index in [9.17, 15) is 0 Å². The summed E-state index contributed by atoms with van der Waals surface area (Å²) in [6, 6.07) is 10.5. The van der Waals surface area contributed by atoms with Crippen LogP contribution in [-0.4, -0.2) is 5.90 Å². The second-order valence-corrected chi connectivity index (χ2v) is 3.88. The minimum absolute atomic E-state index is 0.167. The Balaban J connectivity index is 2.14. The maximum atomic E-state index is 5.80. The average Bonchev–Trinajstić information content (AvgIpc) is 2.90. The molecule has 0 aliphatic rings. The lowest BCUT2D eigenvalue weighted by Crippen LogP contribution is -2.07. The van der Waals surface area contributed by atoms with Crippen molar-refractivity contribution in [2.45, 2.75) is 0 Å². The van der Waals surface area contributed by atoms with Gasteiger partial charge in [0.15, 0.2) is 5.76 Å². The first-order valence-electron chi connectivity index (χ1n) is 5.15. The Morgan fingerprint density at radius 1 is 1.28 bits per heavy atom. The van der Waals surface area contributed by atoms with Gasteiger partial charge in [0.25, 0.3) is 5.90 Å². The van der Waals surface area contributed by atoms with Gasteiger partial charge in [-0.3, -0.25) is 0 Å². The van der Waals surface area contributed by atoms with Crippen LogP contribution in [-0.2, 0) is 4.74 Å². The monoisotopic (exact) mass is 262 g/mol. The fourth-order valence-corrected chi connectivity index (χ4v) is 1.48. The van der Waals surface area contributed by atoms with E-state index in [1.807, 2.05) is 0 Å². The average molecular weight is 263 g/mol. The highest BCUT2D eigenvalue weighted by atomic mass is 35.5. The van der Waals surface area contributed by atoms with Crippen molar-refractivity contribution in [2.24, 2.45) is 10.9 Å². The van der Waals surface area contributed by atoms with Crippen LogP contribution in [0.15, 0.2) is 58.8 Å². The summed E-state index contributed by atoms with van der Waals surface area (Å²) in [5.74, 6) is 6.27. The van der Waals surface area contributed by atoms with Gasteiger partial charge < -0.3 is 15.0 Å². The second kappa shape index (κ2) is 5.42. The standard InChI is InChI=1S/C13H11ClN2O2/c1-9(10-4-6-11(14)7-5-10)18-13(16-15)12-3-2-8-17-12/h2-8H,1,15H2/b16-13-. The lowest BCUT2D eigenvalue weighted by molar-refractivity contribution is 0.469. The van der Waals surface area contributed by atoms with Crippen molar-refractivity contribution in [3.63, 3.8) is 0 Å². The van der Waals surface area contributed by atoms with Crippen molar-refractivity contribution in [1.82, 2.24) is 0 Å². The zero-order chi connectivity index (χ0) is 13.0. The van der Waals surface area contributed by atoms with E-state index in [4.69, 9.17) is 26.6 Å². The molecule has 0 fully saturated rings. The van der Waals surface area contributed by atoms with E-state index in [-0.39, 0.29) is 5.90 Å². The number of ether oxygens (including phenoxy) is 1. The zero-order valence-corrected chi connectivity index (χ0v) is 10.2. The number of hydrogen-bond acceptors (Lipinski definition) is 4. The summed E-state index contributed by atoms with van der Waals surface area (Å²) in [5, 5.41) is 4.17. The molecule has 2 rings (SSSR count). The van der Waals surface area contributed by atoms with Gasteiger partial charge in [-0.15, -0.1) is 5.10 Å². The molecule has 18 heavy (non-hydrogen) atoms. The molecule has 0 spiro atoms. The Morgan fingerprint density at radius 2 is 2.00 bits per heavy atom. The van der Waals surface area contributed by atoms with Gasteiger partial charge in [0, 0.05) is 10.6 Å². The maximum absolute atomic E-state index is 5.80. The highest BCUT2D eigenvalue weighted by Gasteiger charge is 2.11. The predicted molar refractivity (Wildman–Crippen MR) is 71.0 cm³/mol. The number of rotatable bonds is 3. The van der Waals surface area contributed by atoms with Gasteiger partial charge in [0.2, 0.25) is 0 Å². The fourth-order valence-electron chi connectivity index (χ4n) is 1.35. The molecule has 0 amide bonds. The van der Waals surface area contributed by atoms with E-state index in [1.54, 1.807) is 36.4 Å². The normalized spacial score (nSPS) is 11.3. The summed E-state index contributed by atoms with van der Waals surface area (Å²) < 4.78 is 10.6. The molecule has 0 radical (unpaired) electrons. The molecule has 1 aromatic carbocycles. The summed E-state index contributed by atoms with van der Waals surface area (Å²) in [5.41, 5.74) is 0.784. The Hall–Kier alpha value is -2.20. The molecular formula is C13H11ClN2O2. The Labute approximate surface area is 109 Å². The molecule has 0 bridgehead atoms.